The molecule has 1 aliphatic rings. The Morgan fingerprint density at radius 2 is 2.17 bits per heavy atom. The highest BCUT2D eigenvalue weighted by molar-refractivity contribution is 14.1. The molecule has 0 radical (unpaired) electrons. The zero-order valence-electron chi connectivity index (χ0n) is 13.2. The normalized spacial score (nSPS) is 16.4. The summed E-state index contributed by atoms with van der Waals surface area (Å²) >= 11 is 3.91. The Morgan fingerprint density at radius 1 is 1.38 bits per heavy atom. The number of carbonyl (C=O) groups excluding carboxylic acids is 2. The Hall–Kier alpha value is -1.75. The Balaban J connectivity index is 1.65. The molecule has 7 nitrogen and oxygen atoms in total. The lowest BCUT2D eigenvalue weighted by molar-refractivity contribution is -0.125. The Bertz CT molecular complexity index is 792. The lowest BCUT2D eigenvalue weighted by atomic mass is 10.0. The molecule has 24 heavy (non-hydrogen) atoms. The third-order valence-electron chi connectivity index (χ3n) is 3.82. The molecule has 126 valence electrons. The van der Waals surface area contributed by atoms with Crippen LogP contribution in [0.5, 0.6) is 0 Å². The van der Waals surface area contributed by atoms with Gasteiger partial charge in [0.05, 0.1) is 10.6 Å². The number of hydrogen-bond donors (Lipinski definition) is 2. The maximum Gasteiger partial charge on any atom is 0.325 e. The van der Waals surface area contributed by atoms with Crippen molar-refractivity contribution in [2.75, 3.05) is 18.4 Å². The van der Waals surface area contributed by atoms with E-state index in [-0.39, 0.29) is 11.9 Å². The van der Waals surface area contributed by atoms with Gasteiger partial charge in [-0.2, -0.15) is 0 Å². The maximum absolute atomic E-state index is 11.8. The van der Waals surface area contributed by atoms with Gasteiger partial charge in [0.25, 0.3) is 5.91 Å². The number of urea groups is 1. The van der Waals surface area contributed by atoms with Crippen molar-refractivity contribution in [3.8, 4) is 10.6 Å². The number of rotatable bonds is 5. The van der Waals surface area contributed by atoms with Crippen molar-refractivity contribution in [2.45, 2.75) is 19.4 Å². The number of anilines is 1. The second-order valence-corrected chi connectivity index (χ2v) is 7.84. The zero-order valence-corrected chi connectivity index (χ0v) is 16.1. The molecular weight excluding hydrogens is 441 g/mol. The molecule has 0 saturated carbocycles. The molecule has 2 aromatic rings. The lowest BCUT2D eigenvalue weighted by Gasteiger charge is -2.27. The second kappa shape index (κ2) is 6.63. The first kappa shape index (κ1) is 17.1. The van der Waals surface area contributed by atoms with E-state index >= 15 is 0 Å². The van der Waals surface area contributed by atoms with Gasteiger partial charge in [0.2, 0.25) is 5.95 Å². The van der Waals surface area contributed by atoms with Crippen LogP contribution < -0.4 is 10.6 Å². The number of halogens is 1. The third kappa shape index (κ3) is 3.22. The first-order valence-electron chi connectivity index (χ1n) is 7.33. The molecule has 3 amide bonds. The Kier molecular flexibility index (Phi) is 4.72. The van der Waals surface area contributed by atoms with Gasteiger partial charge in [-0.05, 0) is 54.0 Å². The number of hydrogen-bond acceptors (Lipinski definition) is 6. The molecule has 0 aliphatic carbocycles. The van der Waals surface area contributed by atoms with Crippen molar-refractivity contribution in [3.63, 3.8) is 0 Å². The van der Waals surface area contributed by atoms with Gasteiger partial charge in [-0.3, -0.25) is 10.1 Å². The average Bonchev–Trinajstić information content (AvgIpc) is 3.04. The van der Waals surface area contributed by atoms with Crippen molar-refractivity contribution in [2.24, 2.45) is 0 Å². The van der Waals surface area contributed by atoms with Gasteiger partial charge in [-0.25, -0.2) is 14.8 Å². The van der Waals surface area contributed by atoms with Gasteiger partial charge in [0.1, 0.15) is 5.54 Å². The Morgan fingerprint density at radius 3 is 2.79 bits per heavy atom. The smallest absolute Gasteiger partial charge is 0.325 e. The van der Waals surface area contributed by atoms with E-state index in [2.05, 4.69) is 43.2 Å². The number of nitrogens with one attached hydrogen (secondary N) is 2. The van der Waals surface area contributed by atoms with Crippen LogP contribution >= 0.6 is 33.9 Å². The van der Waals surface area contributed by atoms with E-state index in [1.54, 1.807) is 31.4 Å². The minimum Gasteiger partial charge on any atom is -0.352 e. The van der Waals surface area contributed by atoms with E-state index in [1.807, 2.05) is 17.5 Å². The third-order valence-corrected chi connectivity index (χ3v) is 6.02. The van der Waals surface area contributed by atoms with Gasteiger partial charge in [-0.15, -0.1) is 11.3 Å². The fourth-order valence-electron chi connectivity index (χ4n) is 2.40. The van der Waals surface area contributed by atoms with Crippen LogP contribution in [0.3, 0.4) is 0 Å². The highest BCUT2D eigenvalue weighted by atomic mass is 127. The molecule has 0 aromatic carbocycles. The van der Waals surface area contributed by atoms with E-state index in [4.69, 9.17) is 0 Å². The molecular formula is C15H16IN5O2S. The first-order chi connectivity index (χ1) is 11.4. The van der Waals surface area contributed by atoms with Crippen molar-refractivity contribution < 1.29 is 9.59 Å². The van der Waals surface area contributed by atoms with E-state index in [1.165, 1.54) is 4.90 Å². The van der Waals surface area contributed by atoms with Gasteiger partial charge >= 0.3 is 6.03 Å². The summed E-state index contributed by atoms with van der Waals surface area (Å²) in [6.45, 7) is 4.29. The standard InChI is InChI=1S/C15H16IN5O2S/c1-15(2)12(22)20-14(23)21(15)7-6-18-13-17-5-3-10(19-13)11-9(16)4-8-24-11/h3-5,8H,6-7H2,1-2H3,(H,17,18,19)(H,20,22,23). The zero-order chi connectivity index (χ0) is 17.3. The molecule has 0 unspecified atom stereocenters. The number of nitrogens with zero attached hydrogens (tertiary/aromatic N) is 3. The summed E-state index contributed by atoms with van der Waals surface area (Å²) in [4.78, 5) is 34.9. The van der Waals surface area contributed by atoms with E-state index in [0.717, 1.165) is 14.1 Å². The van der Waals surface area contributed by atoms with Crippen LogP contribution in [0.4, 0.5) is 10.7 Å². The number of amides is 3. The molecule has 0 spiro atoms. The van der Waals surface area contributed by atoms with Gasteiger partial charge in [-0.1, -0.05) is 0 Å². The summed E-state index contributed by atoms with van der Waals surface area (Å²) in [5.41, 5.74) is 0.0236. The average molecular weight is 457 g/mol. The fourth-order valence-corrected chi connectivity index (χ4v) is 4.24. The van der Waals surface area contributed by atoms with Gasteiger partial charge in [0, 0.05) is 22.9 Å². The Labute approximate surface area is 157 Å². The van der Waals surface area contributed by atoms with E-state index in [0.29, 0.717) is 19.0 Å². The van der Waals surface area contributed by atoms with Crippen molar-refractivity contribution in [1.82, 2.24) is 20.2 Å². The number of aromatic nitrogens is 2. The van der Waals surface area contributed by atoms with Crippen LogP contribution in [0, 0.1) is 3.57 Å². The highest BCUT2D eigenvalue weighted by Gasteiger charge is 2.44. The van der Waals surface area contributed by atoms with Crippen LogP contribution in [0.25, 0.3) is 10.6 Å². The van der Waals surface area contributed by atoms with Crippen LogP contribution in [0.15, 0.2) is 23.7 Å². The number of thiophene rings is 1. The van der Waals surface area contributed by atoms with Crippen LogP contribution in [-0.2, 0) is 4.79 Å². The van der Waals surface area contributed by atoms with E-state index < -0.39 is 5.54 Å². The van der Waals surface area contributed by atoms with Crippen molar-refractivity contribution in [1.29, 1.82) is 0 Å². The largest absolute Gasteiger partial charge is 0.352 e. The second-order valence-electron chi connectivity index (χ2n) is 5.76. The van der Waals surface area contributed by atoms with Gasteiger partial charge in [0.15, 0.2) is 0 Å². The van der Waals surface area contributed by atoms with Crippen molar-refractivity contribution in [3.05, 3.63) is 27.3 Å². The van der Waals surface area contributed by atoms with E-state index in [9.17, 15) is 9.59 Å². The number of imide groups is 1. The molecule has 3 rings (SSSR count). The SMILES string of the molecule is CC1(C)C(=O)NC(=O)N1CCNc1nccc(-c2sccc2I)n1. The summed E-state index contributed by atoms with van der Waals surface area (Å²) in [5, 5.41) is 7.47. The highest BCUT2D eigenvalue weighted by Crippen LogP contribution is 2.29. The molecule has 1 saturated heterocycles. The summed E-state index contributed by atoms with van der Waals surface area (Å²) in [5.74, 6) is 0.221. The summed E-state index contributed by atoms with van der Waals surface area (Å²) < 4.78 is 1.15. The van der Waals surface area contributed by atoms with Crippen molar-refractivity contribution >= 4 is 51.8 Å². The minimum absolute atomic E-state index is 0.280. The van der Waals surface area contributed by atoms with Crippen LogP contribution in [-0.4, -0.2) is 45.4 Å². The molecule has 2 N–H and O–H groups in total. The number of carbonyl (C=O) groups is 2. The molecule has 0 atom stereocenters. The van der Waals surface area contributed by atoms with Crippen LogP contribution in [0.1, 0.15) is 13.8 Å². The molecule has 9 heteroatoms. The fraction of sp³-hybridized carbons (Fsp3) is 0.333. The predicted octanol–water partition coefficient (Wildman–Crippen LogP) is 2.55. The molecule has 2 aromatic heterocycles. The topological polar surface area (TPSA) is 87.2 Å². The monoisotopic (exact) mass is 457 g/mol. The molecule has 1 fully saturated rings. The van der Waals surface area contributed by atoms with Gasteiger partial charge < -0.3 is 10.2 Å². The first-order valence-corrected chi connectivity index (χ1v) is 9.29. The van der Waals surface area contributed by atoms with Crippen LogP contribution in [0.2, 0.25) is 0 Å². The predicted molar refractivity (Wildman–Crippen MR) is 101 cm³/mol. The lowest BCUT2D eigenvalue weighted by Crippen LogP contribution is -2.46. The molecule has 3 heterocycles. The summed E-state index contributed by atoms with van der Waals surface area (Å²) in [6, 6.07) is 3.55. The molecule has 0 bridgehead atoms. The molecule has 1 aliphatic heterocycles. The summed E-state index contributed by atoms with van der Waals surface area (Å²) in [6.07, 6.45) is 1.70. The minimum atomic E-state index is -0.839. The summed E-state index contributed by atoms with van der Waals surface area (Å²) in [7, 11) is 0. The maximum atomic E-state index is 11.8. The quantitative estimate of drug-likeness (QED) is 0.533.